The van der Waals surface area contributed by atoms with Gasteiger partial charge in [0.1, 0.15) is 5.82 Å². The van der Waals surface area contributed by atoms with Gasteiger partial charge in [-0.3, -0.25) is 9.78 Å². The molecule has 3 aromatic heterocycles. The van der Waals surface area contributed by atoms with Crippen molar-refractivity contribution >= 4 is 11.0 Å². The van der Waals surface area contributed by atoms with Crippen LogP contribution in [0.5, 0.6) is 0 Å². The third-order valence-electron chi connectivity index (χ3n) is 6.31. The van der Waals surface area contributed by atoms with E-state index < -0.39 is 0 Å². The summed E-state index contributed by atoms with van der Waals surface area (Å²) in [5.74, 6) is 0.641. The van der Waals surface area contributed by atoms with Crippen molar-refractivity contribution in [1.29, 1.82) is 0 Å². The van der Waals surface area contributed by atoms with E-state index in [1.807, 2.05) is 66.3 Å². The highest BCUT2D eigenvalue weighted by molar-refractivity contribution is 5.95. The van der Waals surface area contributed by atoms with Crippen LogP contribution in [0, 0.1) is 0 Å². The fourth-order valence-corrected chi connectivity index (χ4v) is 4.53. The maximum atomic E-state index is 12.4. The molecule has 0 unspecified atom stereocenters. The van der Waals surface area contributed by atoms with Gasteiger partial charge in [0.05, 0.1) is 22.3 Å². The first-order valence-corrected chi connectivity index (χ1v) is 11.4. The number of imidazole rings is 1. The molecule has 5 nitrogen and oxygen atoms in total. The van der Waals surface area contributed by atoms with Crippen LogP contribution in [0.3, 0.4) is 0 Å². The van der Waals surface area contributed by atoms with E-state index in [9.17, 15) is 4.79 Å². The van der Waals surface area contributed by atoms with E-state index in [0.29, 0.717) is 11.4 Å². The van der Waals surface area contributed by atoms with Gasteiger partial charge in [0.25, 0.3) is 5.56 Å². The van der Waals surface area contributed by atoms with Crippen LogP contribution in [0.25, 0.3) is 55.9 Å². The zero-order chi connectivity index (χ0) is 23.8. The fraction of sp³-hybridized carbons (Fsp3) is 0.0333. The van der Waals surface area contributed by atoms with E-state index in [1.165, 1.54) is 0 Å². The molecule has 6 rings (SSSR count). The second-order valence-electron chi connectivity index (χ2n) is 8.46. The molecule has 0 fully saturated rings. The molecular weight excluding hydrogens is 432 g/mol. The number of nitrogens with one attached hydrogen (secondary N) is 1. The zero-order valence-electron chi connectivity index (χ0n) is 19.1. The number of benzene rings is 3. The summed E-state index contributed by atoms with van der Waals surface area (Å²) in [5, 5.41) is 0. The summed E-state index contributed by atoms with van der Waals surface area (Å²) in [4.78, 5) is 24.7. The first-order valence-electron chi connectivity index (χ1n) is 11.4. The molecule has 0 radical (unpaired) electrons. The first kappa shape index (κ1) is 20.8. The molecule has 5 heteroatoms. The summed E-state index contributed by atoms with van der Waals surface area (Å²) in [7, 11) is 1.94. The lowest BCUT2D eigenvalue weighted by atomic mass is 9.99. The molecule has 0 aliphatic heterocycles. The van der Waals surface area contributed by atoms with Crippen molar-refractivity contribution in [1.82, 2.24) is 19.5 Å². The topological polar surface area (TPSA) is 63.6 Å². The minimum Gasteiger partial charge on any atom is -0.328 e. The summed E-state index contributed by atoms with van der Waals surface area (Å²) >= 11 is 0. The van der Waals surface area contributed by atoms with Crippen molar-refractivity contribution in [2.24, 2.45) is 7.05 Å². The van der Waals surface area contributed by atoms with Gasteiger partial charge in [0.2, 0.25) is 0 Å². The van der Waals surface area contributed by atoms with Gasteiger partial charge in [0.15, 0.2) is 0 Å². The first-order chi connectivity index (χ1) is 17.2. The maximum absolute atomic E-state index is 12.4. The van der Waals surface area contributed by atoms with Crippen LogP contribution in [-0.4, -0.2) is 19.5 Å². The number of aryl methyl sites for hydroxylation is 1. The Morgan fingerprint density at radius 2 is 1.49 bits per heavy atom. The predicted molar refractivity (Wildman–Crippen MR) is 141 cm³/mol. The predicted octanol–water partition coefficient (Wildman–Crippen LogP) is 6.32. The fourth-order valence-electron chi connectivity index (χ4n) is 4.53. The third kappa shape index (κ3) is 3.73. The Balaban J connectivity index is 1.46. The number of aromatic amines is 1. The number of aromatic nitrogens is 4. The monoisotopic (exact) mass is 454 g/mol. The van der Waals surface area contributed by atoms with Gasteiger partial charge in [-0.05, 0) is 53.1 Å². The second kappa shape index (κ2) is 8.54. The van der Waals surface area contributed by atoms with Gasteiger partial charge in [-0.25, -0.2) is 4.98 Å². The van der Waals surface area contributed by atoms with Crippen molar-refractivity contribution in [3.63, 3.8) is 0 Å². The summed E-state index contributed by atoms with van der Waals surface area (Å²) < 4.78 is 1.97. The zero-order valence-corrected chi connectivity index (χ0v) is 19.1. The number of fused-ring (bicyclic) bond motifs is 1. The minimum atomic E-state index is -0.154. The van der Waals surface area contributed by atoms with Gasteiger partial charge in [-0.15, -0.1) is 0 Å². The van der Waals surface area contributed by atoms with Crippen molar-refractivity contribution in [3.05, 3.63) is 120 Å². The third-order valence-corrected chi connectivity index (χ3v) is 6.31. The smallest absolute Gasteiger partial charge is 0.258 e. The highest BCUT2D eigenvalue weighted by Gasteiger charge is 2.16. The molecule has 1 N–H and O–H groups in total. The standard InChI is InChI=1S/C30H22N4O/c1-34-27-14-6-12-24(28(27)33-29(34)25-13-7-16-32-30(25)35)22-10-5-11-23(18-22)26-19-21(15-17-31-26)20-8-3-2-4-9-20/h2-19H,1H3,(H,32,35). The lowest BCUT2D eigenvalue weighted by Gasteiger charge is -2.08. The number of para-hydroxylation sites is 1. The lowest BCUT2D eigenvalue weighted by molar-refractivity contribution is 0.954. The molecule has 6 aromatic rings. The average molecular weight is 455 g/mol. The van der Waals surface area contributed by atoms with Crippen LogP contribution in [0.4, 0.5) is 0 Å². The van der Waals surface area contributed by atoms with Gasteiger partial charge in [0, 0.05) is 30.6 Å². The van der Waals surface area contributed by atoms with Crippen LogP contribution in [0.1, 0.15) is 0 Å². The van der Waals surface area contributed by atoms with E-state index in [-0.39, 0.29) is 5.56 Å². The van der Waals surface area contributed by atoms with E-state index in [4.69, 9.17) is 4.98 Å². The summed E-state index contributed by atoms with van der Waals surface area (Å²) in [6.07, 6.45) is 3.49. The van der Waals surface area contributed by atoms with Crippen LogP contribution < -0.4 is 5.56 Å². The lowest BCUT2D eigenvalue weighted by Crippen LogP contribution is -2.09. The van der Waals surface area contributed by atoms with Crippen LogP contribution in [-0.2, 0) is 7.05 Å². The Hall–Kier alpha value is -4.77. The van der Waals surface area contributed by atoms with Gasteiger partial charge >= 0.3 is 0 Å². The summed E-state index contributed by atoms with van der Waals surface area (Å²) in [6.45, 7) is 0. The molecule has 0 aliphatic rings. The van der Waals surface area contributed by atoms with Gasteiger partial charge in [-0.2, -0.15) is 0 Å². The van der Waals surface area contributed by atoms with E-state index in [0.717, 1.165) is 44.5 Å². The molecule has 35 heavy (non-hydrogen) atoms. The van der Waals surface area contributed by atoms with Crippen molar-refractivity contribution in [3.8, 4) is 44.9 Å². The Labute approximate surface area is 202 Å². The summed E-state index contributed by atoms with van der Waals surface area (Å²) in [6, 6.07) is 32.6. The average Bonchev–Trinajstić information content (AvgIpc) is 3.26. The van der Waals surface area contributed by atoms with Crippen molar-refractivity contribution in [2.45, 2.75) is 0 Å². The molecule has 0 aliphatic carbocycles. The Morgan fingerprint density at radius 1 is 0.714 bits per heavy atom. The quantitative estimate of drug-likeness (QED) is 0.339. The molecule has 0 atom stereocenters. The molecule has 0 saturated heterocycles. The minimum absolute atomic E-state index is 0.154. The highest BCUT2D eigenvalue weighted by atomic mass is 16.1. The molecular formula is C30H22N4O. The van der Waals surface area contributed by atoms with E-state index >= 15 is 0 Å². The SMILES string of the molecule is Cn1c(-c2ccc[nH]c2=O)nc2c(-c3cccc(-c4cc(-c5ccccc5)ccn4)c3)cccc21. The molecule has 0 amide bonds. The number of hydrogen-bond acceptors (Lipinski definition) is 3. The molecule has 3 aromatic carbocycles. The molecule has 168 valence electrons. The number of H-pyrrole nitrogens is 1. The Bertz CT molecular complexity index is 1730. The Morgan fingerprint density at radius 3 is 2.34 bits per heavy atom. The van der Waals surface area contributed by atoms with Crippen LogP contribution in [0.15, 0.2) is 114 Å². The van der Waals surface area contributed by atoms with Crippen LogP contribution >= 0.6 is 0 Å². The van der Waals surface area contributed by atoms with E-state index in [1.54, 1.807) is 12.3 Å². The Kier molecular flexibility index (Phi) is 5.08. The largest absolute Gasteiger partial charge is 0.328 e. The van der Waals surface area contributed by atoms with Crippen LogP contribution in [0.2, 0.25) is 0 Å². The number of pyridine rings is 2. The summed E-state index contributed by atoms with van der Waals surface area (Å²) in [5.41, 5.74) is 8.52. The van der Waals surface area contributed by atoms with E-state index in [2.05, 4.69) is 52.4 Å². The van der Waals surface area contributed by atoms with Crippen molar-refractivity contribution in [2.75, 3.05) is 0 Å². The number of rotatable bonds is 4. The molecule has 0 spiro atoms. The van der Waals surface area contributed by atoms with Gasteiger partial charge < -0.3 is 9.55 Å². The highest BCUT2D eigenvalue weighted by Crippen LogP contribution is 2.33. The number of nitrogens with zero attached hydrogens (tertiary/aromatic N) is 3. The van der Waals surface area contributed by atoms with Gasteiger partial charge in [-0.1, -0.05) is 60.7 Å². The molecule has 0 bridgehead atoms. The van der Waals surface area contributed by atoms with Crippen molar-refractivity contribution < 1.29 is 0 Å². The molecule has 0 saturated carbocycles. The number of hydrogen-bond donors (Lipinski definition) is 1. The maximum Gasteiger partial charge on any atom is 0.258 e. The normalized spacial score (nSPS) is 11.1. The second-order valence-corrected chi connectivity index (χ2v) is 8.46. The molecule has 3 heterocycles.